The van der Waals surface area contributed by atoms with Gasteiger partial charge in [0.1, 0.15) is 5.82 Å². The van der Waals surface area contributed by atoms with E-state index < -0.39 is 17.6 Å². The van der Waals surface area contributed by atoms with Gasteiger partial charge in [0.05, 0.1) is 16.6 Å². The minimum Gasteiger partial charge on any atom is -0.326 e. The van der Waals surface area contributed by atoms with Gasteiger partial charge in [-0.3, -0.25) is 9.36 Å². The lowest BCUT2D eigenvalue weighted by molar-refractivity contribution is -0.140. The van der Waals surface area contributed by atoms with Crippen LogP contribution in [-0.2, 0) is 11.0 Å². The Labute approximate surface area is 182 Å². The number of anilines is 1. The molecule has 0 spiro atoms. The van der Waals surface area contributed by atoms with E-state index >= 15 is 0 Å². The average molecular weight is 500 g/mol. The first-order valence-electron chi connectivity index (χ1n) is 9.71. The number of amides is 1. The van der Waals surface area contributed by atoms with Crippen LogP contribution in [0.15, 0.2) is 45.7 Å². The van der Waals surface area contributed by atoms with Crippen LogP contribution >= 0.6 is 15.9 Å². The number of halogens is 5. The van der Waals surface area contributed by atoms with Gasteiger partial charge in [0.15, 0.2) is 0 Å². The van der Waals surface area contributed by atoms with Crippen LogP contribution in [0.1, 0.15) is 37.3 Å². The molecule has 0 bridgehead atoms. The molecule has 2 aromatic carbocycles. The van der Waals surface area contributed by atoms with E-state index in [0.29, 0.717) is 37.8 Å². The van der Waals surface area contributed by atoms with Crippen LogP contribution in [0.3, 0.4) is 0 Å². The standard InChI is InChI=1S/C21H18BrF4N3O2/c22-15-2-1-3-17-18(15)28-20(31)29(17)13-7-4-11(5-8-13)19(30)27-12-6-9-14(16(23)10-12)21(24,25)26/h1-3,6,9-11,13H,4-5,7-8H2,(H,27,30)(H,28,31)/t11-,13+. The van der Waals surface area contributed by atoms with E-state index in [-0.39, 0.29) is 29.2 Å². The molecule has 4 rings (SSSR count). The lowest BCUT2D eigenvalue weighted by atomic mass is 9.85. The molecule has 1 heterocycles. The van der Waals surface area contributed by atoms with Crippen LogP contribution in [0.25, 0.3) is 11.0 Å². The van der Waals surface area contributed by atoms with Gasteiger partial charge in [-0.2, -0.15) is 13.2 Å². The highest BCUT2D eigenvalue weighted by molar-refractivity contribution is 9.10. The summed E-state index contributed by atoms with van der Waals surface area (Å²) in [4.78, 5) is 27.9. The Bertz CT molecular complexity index is 1190. The van der Waals surface area contributed by atoms with Crippen molar-refractivity contribution in [3.8, 4) is 0 Å². The van der Waals surface area contributed by atoms with Gasteiger partial charge in [0.25, 0.3) is 0 Å². The number of aromatic amines is 1. The van der Waals surface area contributed by atoms with Crippen molar-refractivity contribution < 1.29 is 22.4 Å². The van der Waals surface area contributed by atoms with Crippen molar-refractivity contribution in [2.24, 2.45) is 5.92 Å². The molecule has 0 radical (unpaired) electrons. The van der Waals surface area contributed by atoms with Crippen molar-refractivity contribution >= 4 is 38.6 Å². The van der Waals surface area contributed by atoms with E-state index in [1.807, 2.05) is 18.2 Å². The highest BCUT2D eigenvalue weighted by atomic mass is 79.9. The number of hydrogen-bond acceptors (Lipinski definition) is 2. The summed E-state index contributed by atoms with van der Waals surface area (Å²) < 4.78 is 54.3. The minimum atomic E-state index is -4.79. The Hall–Kier alpha value is -2.62. The first kappa shape index (κ1) is 21.6. The van der Waals surface area contributed by atoms with Crippen molar-refractivity contribution in [3.05, 3.63) is 62.7 Å². The molecule has 1 aliphatic rings. The molecule has 10 heteroatoms. The summed E-state index contributed by atoms with van der Waals surface area (Å²) in [6, 6.07) is 7.81. The van der Waals surface area contributed by atoms with Gasteiger partial charge in [0, 0.05) is 22.1 Å². The lowest BCUT2D eigenvalue weighted by Gasteiger charge is -2.28. The van der Waals surface area contributed by atoms with Gasteiger partial charge in [-0.25, -0.2) is 9.18 Å². The lowest BCUT2D eigenvalue weighted by Crippen LogP contribution is -2.31. The monoisotopic (exact) mass is 499 g/mol. The van der Waals surface area contributed by atoms with E-state index in [0.717, 1.165) is 21.6 Å². The first-order valence-corrected chi connectivity index (χ1v) is 10.5. The number of aromatic nitrogens is 2. The maximum Gasteiger partial charge on any atom is 0.419 e. The maximum atomic E-state index is 13.7. The van der Waals surface area contributed by atoms with E-state index in [2.05, 4.69) is 26.2 Å². The SMILES string of the molecule is O=c1[nH]c2c(Br)cccc2n1[C@H]1CC[C@@H](C(=O)Nc2ccc(C(F)(F)F)c(F)c2)CC1. The third-order valence-electron chi connectivity index (χ3n) is 5.68. The van der Waals surface area contributed by atoms with Gasteiger partial charge >= 0.3 is 11.9 Å². The molecule has 1 aliphatic carbocycles. The second-order valence-electron chi connectivity index (χ2n) is 7.62. The van der Waals surface area contributed by atoms with Crippen LogP contribution < -0.4 is 11.0 Å². The number of benzene rings is 2. The number of alkyl halides is 3. The zero-order valence-corrected chi connectivity index (χ0v) is 17.7. The molecule has 1 amide bonds. The number of H-pyrrole nitrogens is 1. The van der Waals surface area contributed by atoms with E-state index in [1.54, 1.807) is 4.57 Å². The van der Waals surface area contributed by atoms with Gasteiger partial charge in [-0.15, -0.1) is 0 Å². The summed E-state index contributed by atoms with van der Waals surface area (Å²) in [5.41, 5.74) is -0.101. The van der Waals surface area contributed by atoms with Gasteiger partial charge in [-0.05, 0) is 71.9 Å². The van der Waals surface area contributed by atoms with Crippen LogP contribution in [0.4, 0.5) is 23.2 Å². The third kappa shape index (κ3) is 4.26. The van der Waals surface area contributed by atoms with Crippen molar-refractivity contribution in [3.63, 3.8) is 0 Å². The fourth-order valence-corrected chi connectivity index (χ4v) is 4.59. The normalized spacial score (nSPS) is 19.5. The molecule has 3 aromatic rings. The molecule has 1 saturated carbocycles. The van der Waals surface area contributed by atoms with Crippen molar-refractivity contribution in [2.45, 2.75) is 37.9 Å². The predicted molar refractivity (Wildman–Crippen MR) is 111 cm³/mol. The second kappa shape index (κ2) is 8.14. The number of para-hydroxylation sites is 1. The summed E-state index contributed by atoms with van der Waals surface area (Å²) in [5, 5.41) is 2.50. The first-order chi connectivity index (χ1) is 14.6. The number of rotatable bonds is 3. The number of fused-ring (bicyclic) bond motifs is 1. The van der Waals surface area contributed by atoms with Crippen LogP contribution in [0.2, 0.25) is 0 Å². The Morgan fingerprint density at radius 2 is 1.84 bits per heavy atom. The van der Waals surface area contributed by atoms with Crippen LogP contribution in [-0.4, -0.2) is 15.5 Å². The fourth-order valence-electron chi connectivity index (χ4n) is 4.14. The molecule has 0 atom stereocenters. The molecule has 0 saturated heterocycles. The predicted octanol–water partition coefficient (Wildman–Crippen LogP) is 5.62. The molecule has 5 nitrogen and oxygen atoms in total. The Morgan fingerprint density at radius 3 is 2.48 bits per heavy atom. The van der Waals surface area contributed by atoms with E-state index in [9.17, 15) is 27.2 Å². The largest absolute Gasteiger partial charge is 0.419 e. The number of nitrogens with one attached hydrogen (secondary N) is 2. The number of imidazole rings is 1. The third-order valence-corrected chi connectivity index (χ3v) is 6.34. The average Bonchev–Trinajstić information content (AvgIpc) is 3.04. The summed E-state index contributed by atoms with van der Waals surface area (Å²) in [7, 11) is 0. The zero-order valence-electron chi connectivity index (χ0n) is 16.1. The van der Waals surface area contributed by atoms with Crippen molar-refractivity contribution in [1.29, 1.82) is 0 Å². The second-order valence-corrected chi connectivity index (χ2v) is 8.48. The van der Waals surface area contributed by atoms with E-state index in [4.69, 9.17) is 0 Å². The molecule has 31 heavy (non-hydrogen) atoms. The highest BCUT2D eigenvalue weighted by Gasteiger charge is 2.34. The quantitative estimate of drug-likeness (QED) is 0.459. The molecule has 2 N–H and O–H groups in total. The van der Waals surface area contributed by atoms with Gasteiger partial charge < -0.3 is 10.3 Å². The maximum absolute atomic E-state index is 13.7. The summed E-state index contributed by atoms with van der Waals surface area (Å²) in [5.74, 6) is -2.17. The number of hydrogen-bond donors (Lipinski definition) is 2. The van der Waals surface area contributed by atoms with E-state index in [1.165, 1.54) is 0 Å². The molecular formula is C21H18BrF4N3O2. The highest BCUT2D eigenvalue weighted by Crippen LogP contribution is 2.35. The Balaban J connectivity index is 1.43. The van der Waals surface area contributed by atoms with Gasteiger partial charge in [0.2, 0.25) is 5.91 Å². The topological polar surface area (TPSA) is 66.9 Å². The summed E-state index contributed by atoms with van der Waals surface area (Å²) >= 11 is 3.42. The minimum absolute atomic E-state index is 0.0182. The van der Waals surface area contributed by atoms with Crippen LogP contribution in [0.5, 0.6) is 0 Å². The molecule has 0 unspecified atom stereocenters. The van der Waals surface area contributed by atoms with Crippen molar-refractivity contribution in [2.75, 3.05) is 5.32 Å². The molecule has 1 aromatic heterocycles. The zero-order chi connectivity index (χ0) is 22.3. The number of carbonyl (C=O) groups is 1. The molecular weight excluding hydrogens is 482 g/mol. The summed E-state index contributed by atoms with van der Waals surface area (Å²) in [6.07, 6.45) is -2.59. The molecule has 1 fully saturated rings. The Kier molecular flexibility index (Phi) is 5.67. The Morgan fingerprint density at radius 1 is 1.13 bits per heavy atom. The number of nitrogens with zero attached hydrogens (tertiary/aromatic N) is 1. The molecule has 164 valence electrons. The number of carbonyl (C=O) groups excluding carboxylic acids is 1. The summed E-state index contributed by atoms with van der Waals surface area (Å²) in [6.45, 7) is 0. The van der Waals surface area contributed by atoms with Crippen molar-refractivity contribution in [1.82, 2.24) is 9.55 Å². The molecule has 0 aliphatic heterocycles. The van der Waals surface area contributed by atoms with Crippen LogP contribution in [0, 0.1) is 11.7 Å². The smallest absolute Gasteiger partial charge is 0.326 e. The fraction of sp³-hybridized carbons (Fsp3) is 0.333. The van der Waals surface area contributed by atoms with Gasteiger partial charge in [-0.1, -0.05) is 6.07 Å².